The summed E-state index contributed by atoms with van der Waals surface area (Å²) in [7, 11) is 0. The van der Waals surface area contributed by atoms with E-state index in [-0.39, 0.29) is 31.9 Å². The van der Waals surface area contributed by atoms with Gasteiger partial charge in [-0.15, -0.1) is 48.1 Å². The van der Waals surface area contributed by atoms with E-state index in [9.17, 15) is 0 Å². The smallest absolute Gasteiger partial charge is 0.135 e. The summed E-state index contributed by atoms with van der Waals surface area (Å²) in [6.07, 6.45) is 1.91. The second-order valence-electron chi connectivity index (χ2n) is 17.9. The first kappa shape index (κ1) is 41.0. The van der Waals surface area contributed by atoms with E-state index in [2.05, 4.69) is 220 Å². The van der Waals surface area contributed by atoms with Gasteiger partial charge in [-0.2, -0.15) is 12.1 Å². The molecule has 0 atom stereocenters. The molecule has 0 bridgehead atoms. The minimum atomic E-state index is -0.0462. The SMILES string of the molecule is CC(C)(C)c1ccnc(-n2c3[c-]c(Oc4[c-]c(N5[CH-]N(c6cc(C(C)(C)C)ccc6-c6ccccc6)c6ccccc65)ccc4)ccc3c3ccc(-c4ccccc4)cc32)c1.[Pt]. The summed E-state index contributed by atoms with van der Waals surface area (Å²) in [5.41, 5.74) is 13.2. The Morgan fingerprint density at radius 1 is 0.516 bits per heavy atom. The van der Waals surface area contributed by atoms with Crippen LogP contribution in [0.1, 0.15) is 52.7 Å². The van der Waals surface area contributed by atoms with E-state index in [1.54, 1.807) is 0 Å². The number of para-hydroxylation sites is 2. The van der Waals surface area contributed by atoms with E-state index >= 15 is 0 Å². The average Bonchev–Trinajstić information content (AvgIpc) is 3.82. The van der Waals surface area contributed by atoms with E-state index in [4.69, 9.17) is 9.72 Å². The van der Waals surface area contributed by atoms with E-state index < -0.39 is 0 Å². The van der Waals surface area contributed by atoms with Crippen LogP contribution in [0.15, 0.2) is 170 Å². The largest absolute Gasteiger partial charge is 0.509 e. The van der Waals surface area contributed by atoms with Crippen molar-refractivity contribution in [3.05, 3.63) is 200 Å². The molecule has 10 rings (SSSR count). The van der Waals surface area contributed by atoms with Gasteiger partial charge in [0, 0.05) is 66.9 Å². The number of rotatable bonds is 7. The van der Waals surface area contributed by atoms with Crippen LogP contribution in [0.5, 0.6) is 11.5 Å². The second-order valence-corrected chi connectivity index (χ2v) is 17.9. The Morgan fingerprint density at radius 3 is 1.89 bits per heavy atom. The fourth-order valence-electron chi connectivity index (χ4n) is 8.35. The van der Waals surface area contributed by atoms with E-state index in [0.29, 0.717) is 11.5 Å². The molecule has 0 saturated heterocycles. The zero-order valence-electron chi connectivity index (χ0n) is 35.8. The van der Waals surface area contributed by atoms with Crippen molar-refractivity contribution >= 4 is 44.6 Å². The zero-order valence-corrected chi connectivity index (χ0v) is 38.0. The number of aromatic nitrogens is 2. The van der Waals surface area contributed by atoms with Crippen LogP contribution in [-0.2, 0) is 31.9 Å². The van der Waals surface area contributed by atoms with Gasteiger partial charge in [0.25, 0.3) is 0 Å². The Labute approximate surface area is 379 Å². The summed E-state index contributed by atoms with van der Waals surface area (Å²) < 4.78 is 8.90. The molecule has 0 spiro atoms. The number of fused-ring (bicyclic) bond motifs is 4. The maximum Gasteiger partial charge on any atom is 0.135 e. The predicted octanol–water partition coefficient (Wildman–Crippen LogP) is 14.9. The van der Waals surface area contributed by atoms with Gasteiger partial charge in [0.05, 0.1) is 0 Å². The van der Waals surface area contributed by atoms with Crippen molar-refractivity contribution in [2.24, 2.45) is 0 Å². The van der Waals surface area contributed by atoms with Gasteiger partial charge >= 0.3 is 0 Å². The summed E-state index contributed by atoms with van der Waals surface area (Å²) in [5.74, 6) is 2.04. The number of nitrogens with zero attached hydrogens (tertiary/aromatic N) is 4. The maximum atomic E-state index is 6.68. The van der Waals surface area contributed by atoms with Crippen LogP contribution in [0.2, 0.25) is 0 Å². The first-order valence-corrected chi connectivity index (χ1v) is 21.0. The van der Waals surface area contributed by atoms with Crippen molar-refractivity contribution in [2.75, 3.05) is 9.80 Å². The predicted molar refractivity (Wildman–Crippen MR) is 252 cm³/mol. The Kier molecular flexibility index (Phi) is 10.7. The van der Waals surface area contributed by atoms with E-state index in [1.807, 2.05) is 24.4 Å². The minimum absolute atomic E-state index is 0. The van der Waals surface area contributed by atoms with Crippen molar-refractivity contribution in [1.82, 2.24) is 9.55 Å². The molecule has 0 saturated carbocycles. The fourth-order valence-corrected chi connectivity index (χ4v) is 8.35. The van der Waals surface area contributed by atoms with Gasteiger partial charge < -0.3 is 19.1 Å². The van der Waals surface area contributed by atoms with Crippen LogP contribution in [-0.4, -0.2) is 9.55 Å². The van der Waals surface area contributed by atoms with Crippen molar-refractivity contribution in [2.45, 2.75) is 52.4 Å². The molecule has 0 unspecified atom stereocenters. The van der Waals surface area contributed by atoms with Gasteiger partial charge in [-0.05, 0) is 80.4 Å². The molecule has 0 amide bonds. The molecular weight excluding hydrogens is 940 g/mol. The Morgan fingerprint density at radius 2 is 1.16 bits per heavy atom. The van der Waals surface area contributed by atoms with Crippen LogP contribution < -0.4 is 14.5 Å². The monoisotopic (exact) mass is 986 g/mol. The van der Waals surface area contributed by atoms with Gasteiger partial charge in [0.2, 0.25) is 0 Å². The molecule has 0 fully saturated rings. The number of hydrogen-bond acceptors (Lipinski definition) is 4. The summed E-state index contributed by atoms with van der Waals surface area (Å²) in [6.45, 7) is 15.7. The molecule has 9 aromatic rings. The molecule has 6 heteroatoms. The van der Waals surface area contributed by atoms with Crippen LogP contribution in [0.4, 0.5) is 22.7 Å². The number of ether oxygens (including phenoxy) is 1. The normalized spacial score (nSPS) is 12.7. The quantitative estimate of drug-likeness (QED) is 0.149. The molecule has 0 aliphatic carbocycles. The summed E-state index contributed by atoms with van der Waals surface area (Å²) in [5, 5.41) is 2.21. The van der Waals surface area contributed by atoms with Crippen molar-refractivity contribution < 1.29 is 25.8 Å². The van der Waals surface area contributed by atoms with Crippen LogP contribution >= 0.6 is 0 Å². The summed E-state index contributed by atoms with van der Waals surface area (Å²) in [4.78, 5) is 9.44. The molecule has 62 heavy (non-hydrogen) atoms. The maximum absolute atomic E-state index is 6.68. The molecule has 5 nitrogen and oxygen atoms in total. The number of pyridine rings is 1. The second kappa shape index (κ2) is 16.1. The van der Waals surface area contributed by atoms with Gasteiger partial charge in [-0.3, -0.25) is 0 Å². The summed E-state index contributed by atoms with van der Waals surface area (Å²) in [6, 6.07) is 65.0. The zero-order chi connectivity index (χ0) is 41.9. The van der Waals surface area contributed by atoms with Crippen LogP contribution in [0, 0.1) is 18.8 Å². The molecule has 1 aliphatic rings. The number of anilines is 4. The van der Waals surface area contributed by atoms with Crippen molar-refractivity contribution in [3.63, 3.8) is 0 Å². The minimum Gasteiger partial charge on any atom is -0.509 e. The molecule has 310 valence electrons. The molecule has 2 aromatic heterocycles. The molecule has 3 heterocycles. The van der Waals surface area contributed by atoms with Gasteiger partial charge in [0.1, 0.15) is 5.82 Å². The number of benzene rings is 7. The van der Waals surface area contributed by atoms with E-state index in [0.717, 1.165) is 61.5 Å². The first-order chi connectivity index (χ1) is 29.5. The summed E-state index contributed by atoms with van der Waals surface area (Å²) >= 11 is 0. The Hall–Kier alpha value is -6.42. The third-order valence-corrected chi connectivity index (χ3v) is 11.7. The standard InChI is InChI=1S/C56H47N4O.Pt/c1-55(2,3)41-25-28-46(39-18-11-8-12-19-39)51(33-41)59-37-58(49-22-13-14-23-50(49)59)43-20-15-21-44(35-43)61-45-26-29-48-47-27-24-40(38-16-9-7-10-17-38)32-52(47)60(53(48)36-45)54-34-42(30-31-57-54)56(4,5)6;/h7-34,37H,1-6H3;/q-3;. The fraction of sp³-hybridized carbons (Fsp3) is 0.143. The van der Waals surface area contributed by atoms with Crippen LogP contribution in [0.25, 0.3) is 49.9 Å². The van der Waals surface area contributed by atoms with Crippen molar-refractivity contribution in [1.29, 1.82) is 0 Å². The van der Waals surface area contributed by atoms with Gasteiger partial charge in [-0.25, -0.2) is 4.98 Å². The number of hydrogen-bond donors (Lipinski definition) is 0. The third-order valence-electron chi connectivity index (χ3n) is 11.7. The molecular formula is C56H47N4OPt-3. The molecule has 0 N–H and O–H groups in total. The Bertz CT molecular complexity index is 3070. The molecule has 1 aliphatic heterocycles. The molecule has 0 radical (unpaired) electrons. The van der Waals surface area contributed by atoms with Crippen LogP contribution in [0.3, 0.4) is 0 Å². The third kappa shape index (κ3) is 7.60. The molecule has 7 aromatic carbocycles. The van der Waals surface area contributed by atoms with Gasteiger partial charge in [0.15, 0.2) is 0 Å². The average molecular weight is 987 g/mol. The van der Waals surface area contributed by atoms with Crippen molar-refractivity contribution in [3.8, 4) is 39.6 Å². The van der Waals surface area contributed by atoms with Gasteiger partial charge in [-0.1, -0.05) is 144 Å². The Balaban J connectivity index is 0.00000490. The topological polar surface area (TPSA) is 33.5 Å². The van der Waals surface area contributed by atoms with E-state index in [1.165, 1.54) is 22.3 Å². The first-order valence-electron chi connectivity index (χ1n) is 21.0.